The van der Waals surface area contributed by atoms with E-state index in [-0.39, 0.29) is 6.42 Å². The molecule has 0 aromatic heterocycles. The molecule has 0 saturated carbocycles. The summed E-state index contributed by atoms with van der Waals surface area (Å²) in [5.74, 6) is -0.0610. The fourth-order valence-corrected chi connectivity index (χ4v) is 1.81. The van der Waals surface area contributed by atoms with E-state index in [2.05, 4.69) is 22.9 Å². The number of carboxylic acids is 1. The van der Waals surface area contributed by atoms with Gasteiger partial charge in [-0.2, -0.15) is 0 Å². The average molecular weight is 287 g/mol. The summed E-state index contributed by atoms with van der Waals surface area (Å²) in [6.07, 6.45) is 2.14. The van der Waals surface area contributed by atoms with Crippen molar-refractivity contribution in [3.8, 4) is 5.75 Å². The molecule has 0 bridgehead atoms. The zero-order valence-corrected chi connectivity index (χ0v) is 10.8. The van der Waals surface area contributed by atoms with Crippen LogP contribution in [0.4, 0.5) is 0 Å². The molecule has 1 aromatic rings. The lowest BCUT2D eigenvalue weighted by Gasteiger charge is -2.08. The third-order valence-electron chi connectivity index (χ3n) is 2.11. The Morgan fingerprint density at radius 3 is 2.81 bits per heavy atom. The molecule has 0 atom stereocenters. The van der Waals surface area contributed by atoms with Crippen LogP contribution in [0.25, 0.3) is 0 Å². The van der Waals surface area contributed by atoms with E-state index in [1.54, 1.807) is 18.2 Å². The predicted molar refractivity (Wildman–Crippen MR) is 65.9 cm³/mol. The highest BCUT2D eigenvalue weighted by Crippen LogP contribution is 2.26. The van der Waals surface area contributed by atoms with Gasteiger partial charge in [0.2, 0.25) is 0 Å². The number of unbranched alkanes of at least 4 members (excludes halogenated alkanes) is 1. The highest BCUT2D eigenvalue weighted by molar-refractivity contribution is 9.10. The number of hydrogen-bond donors (Lipinski definition) is 1. The zero-order chi connectivity index (χ0) is 12.0. The van der Waals surface area contributed by atoms with E-state index in [0.717, 1.165) is 28.6 Å². The van der Waals surface area contributed by atoms with E-state index in [1.165, 1.54) is 0 Å². The number of rotatable bonds is 6. The van der Waals surface area contributed by atoms with E-state index in [0.29, 0.717) is 6.61 Å². The molecule has 3 nitrogen and oxygen atoms in total. The van der Waals surface area contributed by atoms with Gasteiger partial charge in [-0.25, -0.2) is 0 Å². The van der Waals surface area contributed by atoms with Gasteiger partial charge >= 0.3 is 5.97 Å². The van der Waals surface area contributed by atoms with Crippen LogP contribution in [0.2, 0.25) is 0 Å². The molecule has 0 unspecified atom stereocenters. The summed E-state index contributed by atoms with van der Waals surface area (Å²) in [6, 6.07) is 5.37. The fourth-order valence-electron chi connectivity index (χ4n) is 1.27. The lowest BCUT2D eigenvalue weighted by Crippen LogP contribution is -2.01. The smallest absolute Gasteiger partial charge is 0.307 e. The molecule has 1 rings (SSSR count). The number of carbonyl (C=O) groups is 1. The Morgan fingerprint density at radius 1 is 1.50 bits per heavy atom. The number of carboxylic acid groups (broad SMARTS) is 1. The van der Waals surface area contributed by atoms with Crippen molar-refractivity contribution in [1.29, 1.82) is 0 Å². The first-order valence-corrected chi connectivity index (χ1v) is 6.05. The topological polar surface area (TPSA) is 46.5 Å². The Labute approximate surface area is 104 Å². The van der Waals surface area contributed by atoms with Gasteiger partial charge in [-0.15, -0.1) is 0 Å². The van der Waals surface area contributed by atoms with Crippen molar-refractivity contribution in [1.82, 2.24) is 0 Å². The first-order chi connectivity index (χ1) is 7.63. The highest BCUT2D eigenvalue weighted by atomic mass is 79.9. The van der Waals surface area contributed by atoms with Crippen LogP contribution in [0.3, 0.4) is 0 Å². The largest absolute Gasteiger partial charge is 0.492 e. The molecule has 0 aliphatic carbocycles. The molecule has 0 aliphatic heterocycles. The van der Waals surface area contributed by atoms with Crippen LogP contribution in [0.5, 0.6) is 5.75 Å². The van der Waals surface area contributed by atoms with E-state index in [1.807, 2.05) is 0 Å². The maximum atomic E-state index is 10.5. The van der Waals surface area contributed by atoms with Gasteiger partial charge in [-0.05, 0) is 40.0 Å². The molecule has 0 spiro atoms. The van der Waals surface area contributed by atoms with E-state index < -0.39 is 5.97 Å². The Kier molecular flexibility index (Phi) is 5.32. The third-order valence-corrected chi connectivity index (χ3v) is 2.73. The van der Waals surface area contributed by atoms with Gasteiger partial charge in [0.05, 0.1) is 17.5 Å². The minimum Gasteiger partial charge on any atom is -0.492 e. The van der Waals surface area contributed by atoms with E-state index in [4.69, 9.17) is 9.84 Å². The van der Waals surface area contributed by atoms with Crippen molar-refractivity contribution in [2.24, 2.45) is 0 Å². The van der Waals surface area contributed by atoms with E-state index in [9.17, 15) is 4.79 Å². The third kappa shape index (κ3) is 4.23. The van der Waals surface area contributed by atoms with Gasteiger partial charge in [0.25, 0.3) is 0 Å². The summed E-state index contributed by atoms with van der Waals surface area (Å²) in [5, 5.41) is 8.65. The summed E-state index contributed by atoms with van der Waals surface area (Å²) in [7, 11) is 0. The second-order valence-corrected chi connectivity index (χ2v) is 4.39. The van der Waals surface area contributed by atoms with Gasteiger partial charge in [0, 0.05) is 0 Å². The average Bonchev–Trinajstić information content (AvgIpc) is 2.20. The van der Waals surface area contributed by atoms with Crippen LogP contribution in [-0.4, -0.2) is 17.7 Å². The second-order valence-electron chi connectivity index (χ2n) is 3.54. The van der Waals surface area contributed by atoms with Gasteiger partial charge in [0.15, 0.2) is 0 Å². The van der Waals surface area contributed by atoms with Crippen LogP contribution in [0.1, 0.15) is 25.3 Å². The van der Waals surface area contributed by atoms with Gasteiger partial charge in [-0.3, -0.25) is 4.79 Å². The first-order valence-electron chi connectivity index (χ1n) is 5.26. The maximum Gasteiger partial charge on any atom is 0.307 e. The molecule has 88 valence electrons. The van der Waals surface area contributed by atoms with Crippen LogP contribution in [0.15, 0.2) is 22.7 Å². The minimum absolute atomic E-state index is 0.0356. The monoisotopic (exact) mass is 286 g/mol. The predicted octanol–water partition coefficient (Wildman–Crippen LogP) is 3.26. The lowest BCUT2D eigenvalue weighted by atomic mass is 10.1. The van der Waals surface area contributed by atoms with Gasteiger partial charge < -0.3 is 9.84 Å². The standard InChI is InChI=1S/C12H15BrO3/c1-2-3-6-16-11-5-4-9(7-10(11)13)8-12(14)15/h4-5,7H,2-3,6,8H2,1H3,(H,14,15). The summed E-state index contributed by atoms with van der Waals surface area (Å²) in [6.45, 7) is 2.79. The summed E-state index contributed by atoms with van der Waals surface area (Å²) < 4.78 is 6.35. The molecule has 1 aromatic carbocycles. The number of ether oxygens (including phenoxy) is 1. The van der Waals surface area contributed by atoms with Crippen LogP contribution >= 0.6 is 15.9 Å². The molecule has 1 N–H and O–H groups in total. The molecule has 0 heterocycles. The van der Waals surface area contributed by atoms with Crippen molar-refractivity contribution < 1.29 is 14.6 Å². The number of halogens is 1. The van der Waals surface area contributed by atoms with Gasteiger partial charge in [-0.1, -0.05) is 19.4 Å². The van der Waals surface area contributed by atoms with E-state index >= 15 is 0 Å². The Bertz CT molecular complexity index is 363. The zero-order valence-electron chi connectivity index (χ0n) is 9.20. The molecule has 16 heavy (non-hydrogen) atoms. The van der Waals surface area contributed by atoms with Crippen molar-refractivity contribution >= 4 is 21.9 Å². The maximum absolute atomic E-state index is 10.5. The normalized spacial score (nSPS) is 10.1. The van der Waals surface area contributed by atoms with Crippen molar-refractivity contribution in [3.05, 3.63) is 28.2 Å². The summed E-state index contributed by atoms with van der Waals surface area (Å²) >= 11 is 3.37. The lowest BCUT2D eigenvalue weighted by molar-refractivity contribution is -0.136. The molecule has 0 saturated heterocycles. The Hall–Kier alpha value is -1.03. The molecule has 0 fully saturated rings. The number of aliphatic carboxylic acids is 1. The van der Waals surface area contributed by atoms with Crippen molar-refractivity contribution in [2.45, 2.75) is 26.2 Å². The number of hydrogen-bond acceptors (Lipinski definition) is 2. The molecular formula is C12H15BrO3. The summed E-state index contributed by atoms with van der Waals surface area (Å²) in [4.78, 5) is 10.5. The Balaban J connectivity index is 2.64. The molecule has 4 heteroatoms. The molecular weight excluding hydrogens is 272 g/mol. The highest BCUT2D eigenvalue weighted by Gasteiger charge is 2.05. The fraction of sp³-hybridized carbons (Fsp3) is 0.417. The molecule has 0 aliphatic rings. The van der Waals surface area contributed by atoms with Crippen LogP contribution in [-0.2, 0) is 11.2 Å². The molecule has 0 amide bonds. The first kappa shape index (κ1) is 13.0. The minimum atomic E-state index is -0.827. The molecule has 0 radical (unpaired) electrons. The quantitative estimate of drug-likeness (QED) is 0.817. The van der Waals surface area contributed by atoms with Crippen molar-refractivity contribution in [2.75, 3.05) is 6.61 Å². The van der Waals surface area contributed by atoms with Crippen LogP contribution in [0, 0.1) is 0 Å². The van der Waals surface area contributed by atoms with Gasteiger partial charge in [0.1, 0.15) is 5.75 Å². The second kappa shape index (κ2) is 6.53. The van der Waals surface area contributed by atoms with Crippen LogP contribution < -0.4 is 4.74 Å². The summed E-state index contributed by atoms with van der Waals surface area (Å²) in [5.41, 5.74) is 0.766. The Morgan fingerprint density at radius 2 is 2.25 bits per heavy atom. The number of benzene rings is 1. The SMILES string of the molecule is CCCCOc1ccc(CC(=O)O)cc1Br. The van der Waals surface area contributed by atoms with Crippen molar-refractivity contribution in [3.63, 3.8) is 0 Å².